The standard InChI is InChI=1S/C24H32N2O3.C24H30N2O2.C24H32N2O2/c1-29-24(28)21-15-19-9-5-6-10-20(19)23(21)25-22(27)16-26-13-11-18(12-14-26)17-7-3-2-4-8-17;27-21(16-26-13-11-24(12-14-26)9-3-4-10-24)25-22-19-6-2-1-5-18(19)15-20(22)23(28)17-7-8-17;1-24(2,3)18-10-12-26(13-11-18)15-21(27)25-22-19-7-5-4-6-17(19)14-20(22)23(28)16-8-9-16/h5-6,9-10,17-18H,2-4,7-8,11-16H2,1H3,(H,25,27);1-2,5-6,17H,3-4,7-16H2,(H,25,27);4-7,16,18H,8-15H2,1-3H3,(H,25,27). The van der Waals surface area contributed by atoms with Crippen LogP contribution in [0.3, 0.4) is 0 Å². The molecule has 3 aromatic carbocycles. The minimum Gasteiger partial charge on any atom is -0.466 e. The van der Waals surface area contributed by atoms with E-state index in [-0.39, 0.29) is 47.1 Å². The van der Waals surface area contributed by atoms with Gasteiger partial charge in [0.05, 0.1) is 49.4 Å². The van der Waals surface area contributed by atoms with E-state index in [9.17, 15) is 28.8 Å². The lowest BCUT2D eigenvalue weighted by molar-refractivity contribution is -0.136. The molecule has 4 saturated carbocycles. The average molecular weight is 1160 g/mol. The number of fused-ring (bicyclic) bond motifs is 3. The number of Topliss-reactive ketones (excluding diaryl/α,β-unsaturated/α-hetero) is 2. The molecule has 0 unspecified atom stereocenters. The lowest BCUT2D eigenvalue weighted by Crippen LogP contribution is -2.43. The van der Waals surface area contributed by atoms with Crippen molar-refractivity contribution >= 4 is 52.3 Å². The number of ether oxygens (including phenoxy) is 1. The molecule has 3 heterocycles. The van der Waals surface area contributed by atoms with E-state index in [4.69, 9.17) is 4.74 Å². The number of amides is 3. The molecule has 3 aromatic rings. The molecule has 454 valence electrons. The highest BCUT2D eigenvalue weighted by molar-refractivity contribution is 6.10. The van der Waals surface area contributed by atoms with Gasteiger partial charge < -0.3 is 20.7 Å². The highest BCUT2D eigenvalue weighted by Gasteiger charge is 2.41. The van der Waals surface area contributed by atoms with Crippen LogP contribution in [0.15, 0.2) is 89.5 Å². The summed E-state index contributed by atoms with van der Waals surface area (Å²) in [6, 6.07) is 24.0. The van der Waals surface area contributed by atoms with Gasteiger partial charge in [0, 0.05) is 58.9 Å². The van der Waals surface area contributed by atoms with Crippen molar-refractivity contribution in [2.45, 2.75) is 162 Å². The van der Waals surface area contributed by atoms with Gasteiger partial charge in [-0.1, -0.05) is 139 Å². The van der Waals surface area contributed by atoms with Gasteiger partial charge in [-0.3, -0.25) is 38.7 Å². The van der Waals surface area contributed by atoms with Crippen molar-refractivity contribution in [2.75, 3.05) is 66.0 Å². The van der Waals surface area contributed by atoms with Gasteiger partial charge in [-0.05, 0) is 162 Å². The van der Waals surface area contributed by atoms with E-state index >= 15 is 0 Å². The van der Waals surface area contributed by atoms with Crippen molar-refractivity contribution in [1.82, 2.24) is 30.7 Å². The number of rotatable bonds is 15. The summed E-state index contributed by atoms with van der Waals surface area (Å²) >= 11 is 0. The molecular formula is C72H94N6O7. The Bertz CT molecular complexity index is 3060. The van der Waals surface area contributed by atoms with Crippen molar-refractivity contribution < 1.29 is 33.5 Å². The number of benzene rings is 3. The maximum Gasteiger partial charge on any atom is 0.336 e. The zero-order valence-corrected chi connectivity index (χ0v) is 51.4. The first-order chi connectivity index (χ1) is 41.1. The molecule has 13 rings (SSSR count). The van der Waals surface area contributed by atoms with Crippen LogP contribution in [0.4, 0.5) is 0 Å². The molecule has 85 heavy (non-hydrogen) atoms. The molecule has 0 aromatic heterocycles. The molecule has 3 aliphatic heterocycles. The Morgan fingerprint density at radius 2 is 0.835 bits per heavy atom. The van der Waals surface area contributed by atoms with E-state index in [0.29, 0.717) is 61.0 Å². The molecule has 0 atom stereocenters. The Kier molecular flexibility index (Phi) is 19.2. The van der Waals surface area contributed by atoms with E-state index in [2.05, 4.69) is 63.6 Å². The second-order valence-corrected chi connectivity index (χ2v) is 27.9. The number of piperidine rings is 3. The predicted molar refractivity (Wildman–Crippen MR) is 334 cm³/mol. The van der Waals surface area contributed by atoms with Crippen molar-refractivity contribution in [3.8, 4) is 0 Å². The highest BCUT2D eigenvalue weighted by Crippen LogP contribution is 2.47. The zero-order chi connectivity index (χ0) is 59.2. The van der Waals surface area contributed by atoms with Crippen molar-refractivity contribution in [3.63, 3.8) is 0 Å². The SMILES string of the molecule is CC(C)(C)C1CCN(CC(=O)NC2=C(C(=O)C3CC3)Cc3ccccc32)CC1.COC(=O)C1=C(NC(=O)CN2CCC(C3CCCCC3)CC2)c2ccccc2C1.O=C(CN1CCC2(CCCC2)CC1)NC1=C(C(=O)C2CC2)Cc2ccccc21. The fourth-order valence-electron chi connectivity index (χ4n) is 15.5. The number of methoxy groups -OCH3 is 1. The van der Waals surface area contributed by atoms with Crippen molar-refractivity contribution in [3.05, 3.63) is 123 Å². The normalized spacial score (nSPS) is 22.0. The van der Waals surface area contributed by atoms with Crippen LogP contribution in [0, 0.1) is 40.4 Å². The van der Waals surface area contributed by atoms with Gasteiger partial charge in [0.15, 0.2) is 11.6 Å². The van der Waals surface area contributed by atoms with E-state index in [1.54, 1.807) is 0 Å². The quantitative estimate of drug-likeness (QED) is 0.125. The number of hydrogen-bond donors (Lipinski definition) is 3. The molecule has 7 fully saturated rings. The van der Waals surface area contributed by atoms with Crippen LogP contribution < -0.4 is 16.0 Å². The first-order valence-electron chi connectivity index (χ1n) is 32.8. The number of nitrogens with zero attached hydrogens (tertiary/aromatic N) is 3. The third kappa shape index (κ3) is 14.9. The van der Waals surface area contributed by atoms with Gasteiger partial charge in [0.1, 0.15) is 0 Å². The third-order valence-corrected chi connectivity index (χ3v) is 21.0. The summed E-state index contributed by atoms with van der Waals surface area (Å²) in [5.74, 6) is 2.90. The summed E-state index contributed by atoms with van der Waals surface area (Å²) in [5.41, 5.74) is 11.6. The summed E-state index contributed by atoms with van der Waals surface area (Å²) in [7, 11) is 1.38. The largest absolute Gasteiger partial charge is 0.466 e. The van der Waals surface area contributed by atoms with Gasteiger partial charge in [-0.15, -0.1) is 0 Å². The maximum atomic E-state index is 12.8. The van der Waals surface area contributed by atoms with E-state index in [1.165, 1.54) is 90.6 Å². The monoisotopic (exact) mass is 1150 g/mol. The first kappa shape index (κ1) is 60.7. The smallest absolute Gasteiger partial charge is 0.336 e. The number of hydrogen-bond acceptors (Lipinski definition) is 10. The van der Waals surface area contributed by atoms with Gasteiger partial charge in [-0.25, -0.2) is 4.79 Å². The van der Waals surface area contributed by atoms with Crippen LogP contribution in [0.5, 0.6) is 0 Å². The molecule has 0 radical (unpaired) electrons. The lowest BCUT2D eigenvalue weighted by atomic mass is 9.75. The van der Waals surface area contributed by atoms with Crippen LogP contribution in [-0.2, 0) is 52.8 Å². The number of ketones is 2. The Morgan fingerprint density at radius 1 is 0.459 bits per heavy atom. The Morgan fingerprint density at radius 3 is 1.25 bits per heavy atom. The van der Waals surface area contributed by atoms with Crippen molar-refractivity contribution in [2.24, 2.45) is 40.4 Å². The third-order valence-electron chi connectivity index (χ3n) is 21.0. The fourth-order valence-corrected chi connectivity index (χ4v) is 15.5. The fraction of sp³-hybridized carbons (Fsp3) is 0.583. The van der Waals surface area contributed by atoms with Crippen LogP contribution >= 0.6 is 0 Å². The van der Waals surface area contributed by atoms with Gasteiger partial charge >= 0.3 is 5.97 Å². The summed E-state index contributed by atoms with van der Waals surface area (Å²) in [4.78, 5) is 83.0. The Balaban J connectivity index is 0.000000133. The molecule has 10 aliphatic rings. The first-order valence-corrected chi connectivity index (χ1v) is 32.8. The second-order valence-electron chi connectivity index (χ2n) is 27.9. The lowest BCUT2D eigenvalue weighted by Gasteiger charge is -2.39. The van der Waals surface area contributed by atoms with Crippen LogP contribution in [0.1, 0.15) is 176 Å². The number of allylic oxidation sites excluding steroid dienone is 2. The minimum atomic E-state index is -0.371. The summed E-state index contributed by atoms with van der Waals surface area (Å²) in [6.07, 6.45) is 25.5. The number of nitrogens with one attached hydrogen (secondary N) is 3. The predicted octanol–water partition coefficient (Wildman–Crippen LogP) is 11.0. The number of carbonyl (C=O) groups excluding carboxylic acids is 6. The summed E-state index contributed by atoms with van der Waals surface area (Å²) in [5, 5.41) is 9.27. The second kappa shape index (κ2) is 26.9. The van der Waals surface area contributed by atoms with Crippen molar-refractivity contribution in [1.29, 1.82) is 0 Å². The summed E-state index contributed by atoms with van der Waals surface area (Å²) < 4.78 is 4.94. The molecule has 0 bridgehead atoms. The molecule has 3 amide bonds. The number of esters is 1. The van der Waals surface area contributed by atoms with Gasteiger partial charge in [0.2, 0.25) is 17.7 Å². The van der Waals surface area contributed by atoms with E-state index < -0.39 is 0 Å². The maximum absolute atomic E-state index is 12.8. The molecule has 13 heteroatoms. The Labute approximate surface area is 505 Å². The average Bonchev–Trinajstić information content (AvgIpc) is 3.32. The topological polar surface area (TPSA) is 157 Å². The van der Waals surface area contributed by atoms with E-state index in [1.807, 2.05) is 60.7 Å². The number of carbonyl (C=O) groups is 6. The molecule has 13 nitrogen and oxygen atoms in total. The molecule has 1 spiro atoms. The minimum absolute atomic E-state index is 0.00186. The van der Waals surface area contributed by atoms with Crippen LogP contribution in [0.25, 0.3) is 17.1 Å². The van der Waals surface area contributed by atoms with Crippen LogP contribution in [-0.4, -0.2) is 116 Å². The molecular weight excluding hydrogens is 1060 g/mol. The molecule has 3 saturated heterocycles. The number of likely N-dealkylation sites (tertiary alicyclic amines) is 3. The Hall–Kier alpha value is -6.02. The van der Waals surface area contributed by atoms with E-state index in [0.717, 1.165) is 151 Å². The summed E-state index contributed by atoms with van der Waals surface area (Å²) in [6.45, 7) is 14.1. The highest BCUT2D eigenvalue weighted by atomic mass is 16.5. The molecule has 7 aliphatic carbocycles. The van der Waals surface area contributed by atoms with Gasteiger partial charge in [0.25, 0.3) is 0 Å². The molecule has 3 N–H and O–H groups in total. The zero-order valence-electron chi connectivity index (χ0n) is 51.4. The van der Waals surface area contributed by atoms with Crippen LogP contribution in [0.2, 0.25) is 0 Å². The van der Waals surface area contributed by atoms with Gasteiger partial charge in [-0.2, -0.15) is 0 Å².